The van der Waals surface area contributed by atoms with Crippen molar-refractivity contribution in [3.8, 4) is 0 Å². The molecule has 10 nitrogen and oxygen atoms in total. The number of amides is 1. The molecule has 2 aromatic rings. The fraction of sp³-hybridized carbons (Fsp3) is 0.400. The lowest BCUT2D eigenvalue weighted by Gasteiger charge is -2.26. The smallest absolute Gasteiger partial charge is 0.243 e. The molecule has 1 fully saturated rings. The number of carbonyl (C=O) groups is 1. The second kappa shape index (κ2) is 8.69. The minimum absolute atomic E-state index is 0.152. The summed E-state index contributed by atoms with van der Waals surface area (Å²) >= 11 is 1.18. The first kappa shape index (κ1) is 19.6. The van der Waals surface area contributed by atoms with Crippen LogP contribution in [0.15, 0.2) is 40.6 Å². The highest BCUT2D eigenvalue weighted by Crippen LogP contribution is 2.18. The number of nitrogens with one attached hydrogen (secondary N) is 1. The minimum Gasteiger partial charge on any atom is -0.379 e. The van der Waals surface area contributed by atoms with Crippen LogP contribution in [0.3, 0.4) is 0 Å². The topological polar surface area (TPSA) is 132 Å². The fourth-order valence-electron chi connectivity index (χ4n) is 2.43. The lowest BCUT2D eigenvalue weighted by atomic mass is 10.2. The van der Waals surface area contributed by atoms with Crippen molar-refractivity contribution in [2.24, 2.45) is 0 Å². The first-order valence-electron chi connectivity index (χ1n) is 8.18. The van der Waals surface area contributed by atoms with Gasteiger partial charge in [0.15, 0.2) is 0 Å². The van der Waals surface area contributed by atoms with Crippen LogP contribution in [0.4, 0.5) is 0 Å². The summed E-state index contributed by atoms with van der Waals surface area (Å²) in [4.78, 5) is 12.1. The van der Waals surface area contributed by atoms with Crippen LogP contribution in [0.25, 0.3) is 0 Å². The van der Waals surface area contributed by atoms with Crippen molar-refractivity contribution in [2.45, 2.75) is 16.6 Å². The molecule has 1 aliphatic heterocycles. The molecule has 146 valence electrons. The number of benzene rings is 1. The second-order valence-electron chi connectivity index (χ2n) is 5.75. The van der Waals surface area contributed by atoms with Gasteiger partial charge in [0.1, 0.15) is 6.33 Å². The lowest BCUT2D eigenvalue weighted by molar-refractivity contribution is -0.118. The van der Waals surface area contributed by atoms with Gasteiger partial charge in [0, 0.05) is 19.6 Å². The highest BCUT2D eigenvalue weighted by molar-refractivity contribution is 7.99. The number of ether oxygens (including phenoxy) is 1. The molecule has 1 amide bonds. The molecule has 3 N–H and O–H groups in total. The van der Waals surface area contributed by atoms with Crippen molar-refractivity contribution in [1.29, 1.82) is 0 Å². The molecule has 1 saturated heterocycles. The number of nitrogens with two attached hydrogens (primary N) is 1. The molecule has 0 atom stereocenters. The summed E-state index contributed by atoms with van der Waals surface area (Å²) in [7, 11) is -3.51. The maximum absolute atomic E-state index is 12.6. The first-order valence-corrected chi connectivity index (χ1v) is 10.6. The highest BCUT2D eigenvalue weighted by atomic mass is 32.2. The van der Waals surface area contributed by atoms with Crippen LogP contribution in [0.1, 0.15) is 5.56 Å². The van der Waals surface area contributed by atoms with Crippen LogP contribution in [0.5, 0.6) is 0 Å². The normalized spacial score (nSPS) is 15.6. The van der Waals surface area contributed by atoms with Crippen molar-refractivity contribution in [3.63, 3.8) is 0 Å². The monoisotopic (exact) mass is 412 g/mol. The molecule has 1 aromatic carbocycles. The Kier molecular flexibility index (Phi) is 6.31. The van der Waals surface area contributed by atoms with Gasteiger partial charge in [-0.15, -0.1) is 10.2 Å². The van der Waals surface area contributed by atoms with Crippen LogP contribution < -0.4 is 11.2 Å². The van der Waals surface area contributed by atoms with Gasteiger partial charge in [0.05, 0.1) is 23.9 Å². The zero-order valence-electron chi connectivity index (χ0n) is 14.4. The van der Waals surface area contributed by atoms with Gasteiger partial charge in [0.2, 0.25) is 21.1 Å². The van der Waals surface area contributed by atoms with E-state index in [-0.39, 0.29) is 16.6 Å². The van der Waals surface area contributed by atoms with E-state index >= 15 is 0 Å². The average molecular weight is 412 g/mol. The van der Waals surface area contributed by atoms with E-state index < -0.39 is 10.0 Å². The van der Waals surface area contributed by atoms with E-state index in [2.05, 4.69) is 15.5 Å². The van der Waals surface area contributed by atoms with Gasteiger partial charge in [0.25, 0.3) is 0 Å². The Morgan fingerprint density at radius 1 is 1.26 bits per heavy atom. The van der Waals surface area contributed by atoms with Crippen LogP contribution in [-0.2, 0) is 26.1 Å². The van der Waals surface area contributed by atoms with Crippen LogP contribution >= 0.6 is 11.8 Å². The predicted octanol–water partition coefficient (Wildman–Crippen LogP) is -0.579. The summed E-state index contributed by atoms with van der Waals surface area (Å²) in [5, 5.41) is 10.6. The molecule has 0 saturated carbocycles. The summed E-state index contributed by atoms with van der Waals surface area (Å²) in [5.74, 6) is 5.54. The number of sulfonamides is 1. The molecule has 0 spiro atoms. The Bertz CT molecular complexity index is 878. The lowest BCUT2D eigenvalue weighted by Crippen LogP contribution is -2.40. The van der Waals surface area contributed by atoms with Crippen LogP contribution in [0.2, 0.25) is 0 Å². The van der Waals surface area contributed by atoms with E-state index in [0.29, 0.717) is 38.0 Å². The Morgan fingerprint density at radius 2 is 1.96 bits per heavy atom. The van der Waals surface area contributed by atoms with Crippen LogP contribution in [0, 0.1) is 0 Å². The standard InChI is InChI=1S/C15H20N6O4S2/c16-21-11-18-19-15(21)26-10-14(22)17-9-12-1-3-13(4-2-12)27(23,24)20-5-7-25-8-6-20/h1-4,11H,5-10,16H2,(H,17,22). The minimum atomic E-state index is -3.51. The van der Waals surface area contributed by atoms with Gasteiger partial charge >= 0.3 is 0 Å². The van der Waals surface area contributed by atoms with Crippen LogP contribution in [-0.4, -0.2) is 65.6 Å². The quantitative estimate of drug-likeness (QED) is 0.456. The van der Waals surface area contributed by atoms with Crippen molar-refractivity contribution in [3.05, 3.63) is 36.2 Å². The van der Waals surface area contributed by atoms with E-state index in [1.165, 1.54) is 27.1 Å². The molecule has 0 bridgehead atoms. The predicted molar refractivity (Wildman–Crippen MR) is 98.8 cm³/mol. The van der Waals surface area contributed by atoms with Gasteiger partial charge < -0.3 is 15.9 Å². The van der Waals surface area contributed by atoms with E-state index in [9.17, 15) is 13.2 Å². The van der Waals surface area contributed by atoms with E-state index in [0.717, 1.165) is 5.56 Å². The van der Waals surface area contributed by atoms with E-state index in [1.54, 1.807) is 24.3 Å². The number of carbonyl (C=O) groups excluding carboxylic acids is 1. The number of nitrogen functional groups attached to an aromatic ring is 1. The van der Waals surface area contributed by atoms with Crippen molar-refractivity contribution < 1.29 is 17.9 Å². The SMILES string of the molecule is Nn1cnnc1SCC(=O)NCc1ccc(S(=O)(=O)N2CCOCC2)cc1. The average Bonchev–Trinajstić information content (AvgIpc) is 3.10. The van der Waals surface area contributed by atoms with Gasteiger partial charge in [-0.05, 0) is 17.7 Å². The Labute approximate surface area is 161 Å². The molecule has 1 aliphatic rings. The summed E-state index contributed by atoms with van der Waals surface area (Å²) in [6.45, 7) is 1.82. The molecule has 27 heavy (non-hydrogen) atoms. The van der Waals surface area contributed by atoms with Gasteiger partial charge in [-0.2, -0.15) is 4.31 Å². The molecule has 3 rings (SSSR count). The summed E-state index contributed by atoms with van der Waals surface area (Å²) in [6.07, 6.45) is 1.35. The first-order chi connectivity index (χ1) is 13.0. The molecule has 12 heteroatoms. The Balaban J connectivity index is 1.51. The highest BCUT2D eigenvalue weighted by Gasteiger charge is 2.26. The largest absolute Gasteiger partial charge is 0.379 e. The summed E-state index contributed by atoms with van der Waals surface area (Å²) in [5.41, 5.74) is 0.802. The zero-order valence-corrected chi connectivity index (χ0v) is 16.1. The zero-order chi connectivity index (χ0) is 19.3. The van der Waals surface area contributed by atoms with Crippen molar-refractivity contribution >= 4 is 27.7 Å². The van der Waals surface area contributed by atoms with Crippen molar-refractivity contribution in [2.75, 3.05) is 37.9 Å². The Hall–Kier alpha value is -2.15. The number of thioether (sulfide) groups is 1. The van der Waals surface area contributed by atoms with E-state index in [1.807, 2.05) is 0 Å². The van der Waals surface area contributed by atoms with E-state index in [4.69, 9.17) is 10.6 Å². The summed E-state index contributed by atoms with van der Waals surface area (Å²) < 4.78 is 33.0. The molecule has 0 radical (unpaired) electrons. The molecule has 0 unspecified atom stereocenters. The number of rotatable bonds is 7. The molecular formula is C15H20N6O4S2. The van der Waals surface area contributed by atoms with Crippen molar-refractivity contribution in [1.82, 2.24) is 24.5 Å². The van der Waals surface area contributed by atoms with Gasteiger partial charge in [-0.1, -0.05) is 23.9 Å². The number of hydrogen-bond donors (Lipinski definition) is 2. The maximum atomic E-state index is 12.6. The third-order valence-electron chi connectivity index (χ3n) is 3.89. The molecule has 0 aliphatic carbocycles. The third-order valence-corrected chi connectivity index (χ3v) is 6.76. The number of morpholine rings is 1. The van der Waals surface area contributed by atoms with Gasteiger partial charge in [-0.25, -0.2) is 13.1 Å². The third kappa shape index (κ3) is 4.97. The molecule has 2 heterocycles. The fourth-order valence-corrected chi connectivity index (χ4v) is 4.50. The number of nitrogens with zero attached hydrogens (tertiary/aromatic N) is 4. The molecule has 1 aromatic heterocycles. The maximum Gasteiger partial charge on any atom is 0.243 e. The number of hydrogen-bond acceptors (Lipinski definition) is 8. The molecular weight excluding hydrogens is 392 g/mol. The number of aromatic nitrogens is 3. The van der Waals surface area contributed by atoms with Gasteiger partial charge in [-0.3, -0.25) is 4.79 Å². The summed E-state index contributed by atoms with van der Waals surface area (Å²) in [6, 6.07) is 6.49. The Morgan fingerprint density at radius 3 is 2.59 bits per heavy atom. The second-order valence-corrected chi connectivity index (χ2v) is 8.63.